The molecule has 2 aromatic carbocycles. The molecule has 0 spiro atoms. The molecular formula is C19H16ClFN2O3. The zero-order valence-corrected chi connectivity index (χ0v) is 14.7. The Hall–Kier alpha value is -2.86. The first-order valence-electron chi connectivity index (χ1n) is 7.86. The third-order valence-corrected chi connectivity index (χ3v) is 4.10. The van der Waals surface area contributed by atoms with Gasteiger partial charge in [-0.25, -0.2) is 9.18 Å². The van der Waals surface area contributed by atoms with Crippen molar-refractivity contribution in [3.05, 3.63) is 81.9 Å². The van der Waals surface area contributed by atoms with E-state index < -0.39 is 11.8 Å². The minimum absolute atomic E-state index is 0.0532. The highest BCUT2D eigenvalue weighted by molar-refractivity contribution is 6.30. The number of halogens is 2. The average Bonchev–Trinajstić information content (AvgIpc) is 2.97. The number of aromatic carboxylic acids is 1. The summed E-state index contributed by atoms with van der Waals surface area (Å²) in [6.45, 7) is 2.24. The van der Waals surface area contributed by atoms with Crippen LogP contribution in [0.3, 0.4) is 0 Å². The molecule has 1 heterocycles. The first-order chi connectivity index (χ1) is 12.4. The van der Waals surface area contributed by atoms with Crippen LogP contribution in [0.1, 0.15) is 27.3 Å². The van der Waals surface area contributed by atoms with Crippen molar-refractivity contribution in [2.75, 3.05) is 0 Å². The Morgan fingerprint density at radius 2 is 1.96 bits per heavy atom. The number of carboxylic acids is 1. The van der Waals surface area contributed by atoms with Crippen LogP contribution >= 0.6 is 11.6 Å². The highest BCUT2D eigenvalue weighted by Crippen LogP contribution is 2.23. The number of aromatic nitrogens is 2. The Morgan fingerprint density at radius 3 is 2.62 bits per heavy atom. The number of hydrogen-bond donors (Lipinski definition) is 1. The normalized spacial score (nSPS) is 10.7. The molecule has 0 bridgehead atoms. The van der Waals surface area contributed by atoms with E-state index in [2.05, 4.69) is 5.10 Å². The van der Waals surface area contributed by atoms with E-state index in [0.29, 0.717) is 28.6 Å². The molecule has 1 N–H and O–H groups in total. The Labute approximate surface area is 154 Å². The van der Waals surface area contributed by atoms with Gasteiger partial charge in [-0.2, -0.15) is 5.10 Å². The van der Waals surface area contributed by atoms with Gasteiger partial charge in [-0.1, -0.05) is 23.7 Å². The lowest BCUT2D eigenvalue weighted by Gasteiger charge is -2.13. The summed E-state index contributed by atoms with van der Waals surface area (Å²) >= 11 is 5.87. The Morgan fingerprint density at radius 1 is 1.23 bits per heavy atom. The first kappa shape index (κ1) is 17.9. The second-order valence-corrected chi connectivity index (χ2v) is 6.24. The summed E-state index contributed by atoms with van der Waals surface area (Å²) in [6, 6.07) is 12.9. The molecule has 26 heavy (non-hydrogen) atoms. The first-order valence-corrected chi connectivity index (χ1v) is 8.23. The van der Waals surface area contributed by atoms with Crippen LogP contribution in [0.4, 0.5) is 4.39 Å². The van der Waals surface area contributed by atoms with Crippen LogP contribution < -0.4 is 4.74 Å². The molecule has 0 aliphatic carbocycles. The van der Waals surface area contributed by atoms with Crippen molar-refractivity contribution in [3.63, 3.8) is 0 Å². The molecule has 0 saturated carbocycles. The molecule has 1 aromatic heterocycles. The molecule has 0 unspecified atom stereocenters. The topological polar surface area (TPSA) is 64.3 Å². The molecule has 0 fully saturated rings. The van der Waals surface area contributed by atoms with E-state index in [0.717, 1.165) is 5.56 Å². The second kappa shape index (κ2) is 7.58. The van der Waals surface area contributed by atoms with Gasteiger partial charge in [0.15, 0.2) is 5.69 Å². The predicted molar refractivity (Wildman–Crippen MR) is 95.2 cm³/mol. The van der Waals surface area contributed by atoms with Crippen LogP contribution in [0.25, 0.3) is 0 Å². The number of aryl methyl sites for hydroxylation is 1. The lowest BCUT2D eigenvalue weighted by atomic mass is 10.2. The Kier molecular flexibility index (Phi) is 5.23. The van der Waals surface area contributed by atoms with E-state index >= 15 is 0 Å². The van der Waals surface area contributed by atoms with Crippen LogP contribution in [0.2, 0.25) is 5.02 Å². The zero-order chi connectivity index (χ0) is 18.7. The maximum atomic E-state index is 13.7. The van der Waals surface area contributed by atoms with Gasteiger partial charge in [0.25, 0.3) is 0 Å². The number of ether oxygens (including phenoxy) is 1. The van der Waals surface area contributed by atoms with Gasteiger partial charge >= 0.3 is 5.97 Å². The van der Waals surface area contributed by atoms with Gasteiger partial charge in [-0.3, -0.25) is 4.68 Å². The number of nitrogens with zero attached hydrogens (tertiary/aromatic N) is 2. The van der Waals surface area contributed by atoms with Gasteiger partial charge in [0.2, 0.25) is 0 Å². The minimum Gasteiger partial charge on any atom is -0.489 e. The summed E-state index contributed by atoms with van der Waals surface area (Å²) in [5, 5.41) is 13.7. The maximum Gasteiger partial charge on any atom is 0.356 e. The van der Waals surface area contributed by atoms with Gasteiger partial charge in [0, 0.05) is 16.3 Å². The lowest BCUT2D eigenvalue weighted by molar-refractivity contribution is 0.0689. The van der Waals surface area contributed by atoms with Crippen LogP contribution in [0.15, 0.2) is 48.5 Å². The lowest BCUT2D eigenvalue weighted by Crippen LogP contribution is -2.08. The van der Waals surface area contributed by atoms with Gasteiger partial charge in [0.05, 0.1) is 6.54 Å². The molecule has 5 nitrogen and oxygen atoms in total. The smallest absolute Gasteiger partial charge is 0.356 e. The van der Waals surface area contributed by atoms with Crippen LogP contribution in [-0.2, 0) is 13.2 Å². The van der Waals surface area contributed by atoms with E-state index in [9.17, 15) is 9.18 Å². The third kappa shape index (κ3) is 4.21. The molecule has 0 saturated heterocycles. The predicted octanol–water partition coefficient (Wildman–Crippen LogP) is 4.31. The molecule has 0 aliphatic rings. The molecule has 0 amide bonds. The van der Waals surface area contributed by atoms with Gasteiger partial charge in [-0.05, 0) is 48.9 Å². The molecule has 3 rings (SSSR count). The van der Waals surface area contributed by atoms with E-state index in [4.69, 9.17) is 21.4 Å². The van der Waals surface area contributed by atoms with Crippen molar-refractivity contribution in [2.45, 2.75) is 20.1 Å². The molecule has 7 heteroatoms. The fourth-order valence-electron chi connectivity index (χ4n) is 2.49. The maximum absolute atomic E-state index is 13.7. The molecule has 0 radical (unpaired) electrons. The van der Waals surface area contributed by atoms with Crippen LogP contribution in [0.5, 0.6) is 5.75 Å². The van der Waals surface area contributed by atoms with Gasteiger partial charge in [0.1, 0.15) is 18.2 Å². The second-order valence-electron chi connectivity index (χ2n) is 5.80. The van der Waals surface area contributed by atoms with Crippen molar-refractivity contribution < 1.29 is 19.0 Å². The summed E-state index contributed by atoms with van der Waals surface area (Å²) in [5.74, 6) is -1.000. The molecule has 134 valence electrons. The van der Waals surface area contributed by atoms with E-state index in [1.165, 1.54) is 22.9 Å². The SMILES string of the molecule is Cc1cc(C(=O)O)nn1Cc1cc(F)ccc1OCc1ccc(Cl)cc1. The summed E-state index contributed by atoms with van der Waals surface area (Å²) in [7, 11) is 0. The third-order valence-electron chi connectivity index (χ3n) is 3.85. The summed E-state index contributed by atoms with van der Waals surface area (Å²) < 4.78 is 21.0. The van der Waals surface area contributed by atoms with Crippen molar-refractivity contribution >= 4 is 17.6 Å². The number of benzene rings is 2. The van der Waals surface area contributed by atoms with Crippen molar-refractivity contribution in [2.24, 2.45) is 0 Å². The van der Waals surface area contributed by atoms with E-state index in [-0.39, 0.29) is 12.2 Å². The molecule has 0 aliphatic heterocycles. The number of hydrogen-bond acceptors (Lipinski definition) is 3. The number of carbonyl (C=O) groups is 1. The largest absolute Gasteiger partial charge is 0.489 e. The quantitative estimate of drug-likeness (QED) is 0.698. The minimum atomic E-state index is -1.11. The number of carboxylic acid groups (broad SMARTS) is 1. The molecular weight excluding hydrogens is 359 g/mol. The number of rotatable bonds is 6. The standard InChI is InChI=1S/C19H16ClFN2O3/c1-12-8-17(19(24)25)22-23(12)10-14-9-16(21)6-7-18(14)26-11-13-2-4-15(20)5-3-13/h2-9H,10-11H2,1H3,(H,24,25). The highest BCUT2D eigenvalue weighted by atomic mass is 35.5. The fourth-order valence-corrected chi connectivity index (χ4v) is 2.62. The van der Waals surface area contributed by atoms with Gasteiger partial charge < -0.3 is 9.84 Å². The van der Waals surface area contributed by atoms with Crippen LogP contribution in [-0.4, -0.2) is 20.9 Å². The van der Waals surface area contributed by atoms with Crippen molar-refractivity contribution in [3.8, 4) is 5.75 Å². The van der Waals surface area contributed by atoms with Crippen molar-refractivity contribution in [1.29, 1.82) is 0 Å². The Bertz CT molecular complexity index is 938. The summed E-state index contributed by atoms with van der Waals surface area (Å²) in [6.07, 6.45) is 0. The molecule has 0 atom stereocenters. The van der Waals surface area contributed by atoms with Gasteiger partial charge in [-0.15, -0.1) is 0 Å². The van der Waals surface area contributed by atoms with E-state index in [1.807, 2.05) is 12.1 Å². The summed E-state index contributed by atoms with van der Waals surface area (Å²) in [4.78, 5) is 11.1. The Balaban J connectivity index is 1.81. The summed E-state index contributed by atoms with van der Waals surface area (Å²) in [5.41, 5.74) is 2.10. The monoisotopic (exact) mass is 374 g/mol. The highest BCUT2D eigenvalue weighted by Gasteiger charge is 2.13. The van der Waals surface area contributed by atoms with Crippen LogP contribution in [0, 0.1) is 12.7 Å². The van der Waals surface area contributed by atoms with E-state index in [1.54, 1.807) is 25.1 Å². The average molecular weight is 375 g/mol. The van der Waals surface area contributed by atoms with Crippen molar-refractivity contribution in [1.82, 2.24) is 9.78 Å². The molecule has 3 aromatic rings. The zero-order valence-electron chi connectivity index (χ0n) is 13.9. The fraction of sp³-hybridized carbons (Fsp3) is 0.158.